The van der Waals surface area contributed by atoms with E-state index in [1.807, 2.05) is 50.2 Å². The highest BCUT2D eigenvalue weighted by molar-refractivity contribution is 5.79. The SMILES string of the molecule is Cc1cc(C)c(N/N=C/c2ccccc2)nn1. The molecule has 1 aromatic carbocycles. The van der Waals surface area contributed by atoms with Crippen molar-refractivity contribution >= 4 is 12.0 Å². The lowest BCUT2D eigenvalue weighted by atomic mass is 10.2. The molecule has 1 N–H and O–H groups in total. The summed E-state index contributed by atoms with van der Waals surface area (Å²) in [6.07, 6.45) is 1.75. The summed E-state index contributed by atoms with van der Waals surface area (Å²) in [5, 5.41) is 12.1. The zero-order chi connectivity index (χ0) is 12.1. The molecule has 4 nitrogen and oxygen atoms in total. The first-order valence-electron chi connectivity index (χ1n) is 5.41. The molecule has 86 valence electrons. The average Bonchev–Trinajstić information content (AvgIpc) is 2.33. The van der Waals surface area contributed by atoms with Crippen LogP contribution in [0.5, 0.6) is 0 Å². The first-order valence-corrected chi connectivity index (χ1v) is 5.41. The Balaban J connectivity index is 2.05. The van der Waals surface area contributed by atoms with E-state index < -0.39 is 0 Å². The molecular formula is C13H14N4. The van der Waals surface area contributed by atoms with Crippen molar-refractivity contribution in [3.8, 4) is 0 Å². The quantitative estimate of drug-likeness (QED) is 0.646. The molecule has 0 aliphatic heterocycles. The van der Waals surface area contributed by atoms with E-state index in [9.17, 15) is 0 Å². The molecule has 2 aromatic rings. The van der Waals surface area contributed by atoms with Gasteiger partial charge in [0, 0.05) is 0 Å². The van der Waals surface area contributed by atoms with Crippen molar-refractivity contribution in [2.45, 2.75) is 13.8 Å². The zero-order valence-corrected chi connectivity index (χ0v) is 9.88. The van der Waals surface area contributed by atoms with Gasteiger partial charge in [-0.2, -0.15) is 10.2 Å². The maximum Gasteiger partial charge on any atom is 0.171 e. The lowest BCUT2D eigenvalue weighted by Crippen LogP contribution is -1.99. The van der Waals surface area contributed by atoms with Crippen molar-refractivity contribution in [2.24, 2.45) is 5.10 Å². The van der Waals surface area contributed by atoms with E-state index in [1.54, 1.807) is 6.21 Å². The molecule has 0 radical (unpaired) electrons. The molecule has 0 saturated heterocycles. The number of benzene rings is 1. The minimum atomic E-state index is 0.683. The largest absolute Gasteiger partial charge is 0.260 e. The summed E-state index contributed by atoms with van der Waals surface area (Å²) in [6, 6.07) is 11.8. The van der Waals surface area contributed by atoms with Gasteiger partial charge in [0.05, 0.1) is 11.9 Å². The first kappa shape index (κ1) is 11.3. The predicted molar refractivity (Wildman–Crippen MR) is 69.2 cm³/mol. The van der Waals surface area contributed by atoms with Crippen LogP contribution in [0.15, 0.2) is 41.5 Å². The summed E-state index contributed by atoms with van der Waals surface area (Å²) in [4.78, 5) is 0. The lowest BCUT2D eigenvalue weighted by Gasteiger charge is -2.02. The monoisotopic (exact) mass is 226 g/mol. The van der Waals surface area contributed by atoms with Crippen molar-refractivity contribution in [1.29, 1.82) is 0 Å². The van der Waals surface area contributed by atoms with Gasteiger partial charge in [-0.1, -0.05) is 30.3 Å². The molecule has 0 spiro atoms. The lowest BCUT2D eigenvalue weighted by molar-refractivity contribution is 0.962. The highest BCUT2D eigenvalue weighted by atomic mass is 15.3. The van der Waals surface area contributed by atoms with Gasteiger partial charge < -0.3 is 0 Å². The molecule has 0 atom stereocenters. The van der Waals surface area contributed by atoms with Crippen molar-refractivity contribution < 1.29 is 0 Å². The molecule has 1 aromatic heterocycles. The molecule has 0 aliphatic rings. The van der Waals surface area contributed by atoms with E-state index in [1.165, 1.54) is 0 Å². The van der Waals surface area contributed by atoms with Crippen LogP contribution in [-0.4, -0.2) is 16.4 Å². The van der Waals surface area contributed by atoms with Crippen LogP contribution < -0.4 is 5.43 Å². The van der Waals surface area contributed by atoms with E-state index in [4.69, 9.17) is 0 Å². The Bertz CT molecular complexity index is 520. The zero-order valence-electron chi connectivity index (χ0n) is 9.88. The van der Waals surface area contributed by atoms with Gasteiger partial charge in [-0.3, -0.25) is 5.43 Å². The second-order valence-electron chi connectivity index (χ2n) is 3.80. The third-order valence-electron chi connectivity index (χ3n) is 2.29. The predicted octanol–water partition coefficient (Wildman–Crippen LogP) is 2.54. The second kappa shape index (κ2) is 5.21. The van der Waals surface area contributed by atoms with Crippen molar-refractivity contribution in [1.82, 2.24) is 10.2 Å². The standard InChI is InChI=1S/C13H14N4/c1-10-8-11(2)15-17-13(10)16-14-9-12-6-4-3-5-7-12/h3-9H,1-2H3,(H,16,17)/b14-9+. The molecule has 0 bridgehead atoms. The van der Waals surface area contributed by atoms with E-state index in [2.05, 4.69) is 20.7 Å². The van der Waals surface area contributed by atoms with E-state index in [0.29, 0.717) is 5.82 Å². The first-order chi connectivity index (χ1) is 8.25. The maximum absolute atomic E-state index is 4.12. The fourth-order valence-corrected chi connectivity index (χ4v) is 1.44. The van der Waals surface area contributed by atoms with Crippen LogP contribution in [0.25, 0.3) is 0 Å². The fraction of sp³-hybridized carbons (Fsp3) is 0.154. The summed E-state index contributed by atoms with van der Waals surface area (Å²) >= 11 is 0. The summed E-state index contributed by atoms with van der Waals surface area (Å²) in [5.74, 6) is 0.683. The molecule has 1 heterocycles. The maximum atomic E-state index is 4.12. The summed E-state index contributed by atoms with van der Waals surface area (Å²) in [6.45, 7) is 3.89. The summed E-state index contributed by atoms with van der Waals surface area (Å²) in [5.41, 5.74) is 5.86. The highest BCUT2D eigenvalue weighted by Gasteiger charge is 1.98. The van der Waals surface area contributed by atoms with Crippen LogP contribution in [-0.2, 0) is 0 Å². The molecule has 4 heteroatoms. The fourth-order valence-electron chi connectivity index (χ4n) is 1.44. The van der Waals surface area contributed by atoms with Crippen molar-refractivity contribution in [3.63, 3.8) is 0 Å². The summed E-state index contributed by atoms with van der Waals surface area (Å²) < 4.78 is 0. The molecule has 0 saturated carbocycles. The molecule has 0 unspecified atom stereocenters. The van der Waals surface area contributed by atoms with Gasteiger partial charge >= 0.3 is 0 Å². The van der Waals surface area contributed by atoms with Gasteiger partial charge in [-0.05, 0) is 31.0 Å². The Kier molecular flexibility index (Phi) is 3.45. The minimum absolute atomic E-state index is 0.683. The number of aryl methyl sites for hydroxylation is 2. The Labute approximate surface area is 100 Å². The third kappa shape index (κ3) is 3.11. The Morgan fingerprint density at radius 3 is 2.59 bits per heavy atom. The van der Waals surface area contributed by atoms with Crippen LogP contribution in [0, 0.1) is 13.8 Å². The van der Waals surface area contributed by atoms with Crippen LogP contribution in [0.3, 0.4) is 0 Å². The van der Waals surface area contributed by atoms with Gasteiger partial charge in [-0.25, -0.2) is 0 Å². The molecule has 2 rings (SSSR count). The van der Waals surface area contributed by atoms with Gasteiger partial charge in [0.25, 0.3) is 0 Å². The van der Waals surface area contributed by atoms with E-state index in [0.717, 1.165) is 16.8 Å². The molecule has 0 fully saturated rings. The number of rotatable bonds is 3. The number of hydrazone groups is 1. The van der Waals surface area contributed by atoms with Gasteiger partial charge in [-0.15, -0.1) is 5.10 Å². The number of nitrogens with zero attached hydrogens (tertiary/aromatic N) is 3. The Hall–Kier alpha value is -2.23. The van der Waals surface area contributed by atoms with E-state index >= 15 is 0 Å². The number of hydrogen-bond acceptors (Lipinski definition) is 4. The highest BCUT2D eigenvalue weighted by Crippen LogP contribution is 2.09. The number of nitrogens with one attached hydrogen (secondary N) is 1. The van der Waals surface area contributed by atoms with Gasteiger partial charge in [0.1, 0.15) is 0 Å². The number of anilines is 1. The average molecular weight is 226 g/mol. The van der Waals surface area contributed by atoms with E-state index in [-0.39, 0.29) is 0 Å². The summed E-state index contributed by atoms with van der Waals surface area (Å²) in [7, 11) is 0. The third-order valence-corrected chi connectivity index (χ3v) is 2.29. The van der Waals surface area contributed by atoms with Crippen molar-refractivity contribution in [3.05, 3.63) is 53.2 Å². The van der Waals surface area contributed by atoms with Crippen LogP contribution >= 0.6 is 0 Å². The number of aromatic nitrogens is 2. The number of hydrogen-bond donors (Lipinski definition) is 1. The topological polar surface area (TPSA) is 50.2 Å². The van der Waals surface area contributed by atoms with Crippen LogP contribution in [0.2, 0.25) is 0 Å². The molecule has 0 aliphatic carbocycles. The Morgan fingerprint density at radius 1 is 1.12 bits per heavy atom. The molecule has 0 amide bonds. The molecular weight excluding hydrogens is 212 g/mol. The molecule has 17 heavy (non-hydrogen) atoms. The van der Waals surface area contributed by atoms with Gasteiger partial charge in [0.15, 0.2) is 5.82 Å². The normalized spacial score (nSPS) is 10.7. The van der Waals surface area contributed by atoms with Gasteiger partial charge in [0.2, 0.25) is 0 Å². The smallest absolute Gasteiger partial charge is 0.171 e. The Morgan fingerprint density at radius 2 is 1.88 bits per heavy atom. The second-order valence-corrected chi connectivity index (χ2v) is 3.80. The minimum Gasteiger partial charge on any atom is -0.260 e. The van der Waals surface area contributed by atoms with Crippen LogP contribution in [0.4, 0.5) is 5.82 Å². The van der Waals surface area contributed by atoms with Crippen LogP contribution in [0.1, 0.15) is 16.8 Å². The van der Waals surface area contributed by atoms with Crippen molar-refractivity contribution in [2.75, 3.05) is 5.43 Å².